The van der Waals surface area contributed by atoms with Crippen LogP contribution >= 0.6 is 0 Å². The van der Waals surface area contributed by atoms with E-state index in [-0.39, 0.29) is 11.7 Å². The van der Waals surface area contributed by atoms with Crippen molar-refractivity contribution in [2.24, 2.45) is 11.7 Å². The Kier molecular flexibility index (Phi) is 5.14. The standard InChI is InChI=1S/C22H27FN6O/c23-14-5-2-6-15(9-14)27-20-10-18(21(24)16-7-8-25-12-19(16)30)28-22-17(11-26-29(20)22)13-3-1-4-13/h2,5-6,9-11,13,16,19,21,25,27,30H,1,3-4,7-8,12,24H2/t16-,19-,21?/m0/s1. The van der Waals surface area contributed by atoms with Crippen molar-refractivity contribution in [3.8, 4) is 0 Å². The number of aromatic nitrogens is 3. The van der Waals surface area contributed by atoms with Gasteiger partial charge < -0.3 is 21.5 Å². The molecule has 3 aromatic rings. The normalized spacial score (nSPS) is 23.3. The van der Waals surface area contributed by atoms with Gasteiger partial charge in [0, 0.05) is 29.8 Å². The first-order valence-corrected chi connectivity index (χ1v) is 10.7. The van der Waals surface area contributed by atoms with Crippen LogP contribution in [0.2, 0.25) is 0 Å². The van der Waals surface area contributed by atoms with Gasteiger partial charge in [0.1, 0.15) is 11.6 Å². The summed E-state index contributed by atoms with van der Waals surface area (Å²) in [6, 6.07) is 7.80. The highest BCUT2D eigenvalue weighted by Gasteiger charge is 2.31. The molecule has 1 aliphatic carbocycles. The molecule has 1 saturated heterocycles. The number of aliphatic hydroxyl groups is 1. The number of hydrogen-bond acceptors (Lipinski definition) is 6. The largest absolute Gasteiger partial charge is 0.391 e. The van der Waals surface area contributed by atoms with Crippen LogP contribution < -0.4 is 16.4 Å². The third-order valence-corrected chi connectivity index (χ3v) is 6.47. The lowest BCUT2D eigenvalue weighted by molar-refractivity contribution is 0.0666. The molecule has 158 valence electrons. The highest BCUT2D eigenvalue weighted by molar-refractivity contribution is 5.62. The van der Waals surface area contributed by atoms with Crippen LogP contribution in [-0.2, 0) is 0 Å². The zero-order valence-electron chi connectivity index (χ0n) is 16.8. The number of piperidine rings is 1. The van der Waals surface area contributed by atoms with E-state index in [1.807, 2.05) is 18.3 Å². The predicted molar refractivity (Wildman–Crippen MR) is 113 cm³/mol. The van der Waals surface area contributed by atoms with Gasteiger partial charge in [-0.15, -0.1) is 0 Å². The van der Waals surface area contributed by atoms with Crippen LogP contribution in [0.1, 0.15) is 48.9 Å². The number of nitrogens with two attached hydrogens (primary N) is 1. The zero-order valence-corrected chi connectivity index (χ0v) is 16.8. The molecule has 1 saturated carbocycles. The Labute approximate surface area is 174 Å². The number of nitrogens with one attached hydrogen (secondary N) is 2. The van der Waals surface area contributed by atoms with E-state index in [2.05, 4.69) is 15.7 Å². The van der Waals surface area contributed by atoms with Gasteiger partial charge in [-0.25, -0.2) is 9.37 Å². The maximum atomic E-state index is 13.7. The Morgan fingerprint density at radius 3 is 2.87 bits per heavy atom. The van der Waals surface area contributed by atoms with Crippen LogP contribution in [0.25, 0.3) is 5.65 Å². The lowest BCUT2D eigenvalue weighted by Crippen LogP contribution is -2.45. The molecule has 3 atom stereocenters. The van der Waals surface area contributed by atoms with Crippen molar-refractivity contribution in [1.29, 1.82) is 0 Å². The van der Waals surface area contributed by atoms with E-state index in [1.165, 1.54) is 18.6 Å². The topological polar surface area (TPSA) is 100 Å². The molecular weight excluding hydrogens is 383 g/mol. The Bertz CT molecular complexity index is 1050. The molecule has 30 heavy (non-hydrogen) atoms. The smallest absolute Gasteiger partial charge is 0.161 e. The van der Waals surface area contributed by atoms with Gasteiger partial charge in [-0.05, 0) is 49.9 Å². The van der Waals surface area contributed by atoms with E-state index in [4.69, 9.17) is 10.7 Å². The molecule has 3 heterocycles. The molecule has 2 aliphatic rings. The first-order valence-electron chi connectivity index (χ1n) is 10.7. The third-order valence-electron chi connectivity index (χ3n) is 6.47. The van der Waals surface area contributed by atoms with E-state index in [0.29, 0.717) is 29.7 Å². The van der Waals surface area contributed by atoms with Crippen LogP contribution in [0.3, 0.4) is 0 Å². The molecule has 0 bridgehead atoms. The lowest BCUT2D eigenvalue weighted by atomic mass is 9.81. The highest BCUT2D eigenvalue weighted by Crippen LogP contribution is 2.39. The lowest BCUT2D eigenvalue weighted by Gasteiger charge is -2.32. The average Bonchev–Trinajstić information content (AvgIpc) is 3.10. The second kappa shape index (κ2) is 7.94. The number of anilines is 2. The minimum Gasteiger partial charge on any atom is -0.391 e. The second-order valence-electron chi connectivity index (χ2n) is 8.41. The molecule has 1 aromatic carbocycles. The summed E-state index contributed by atoms with van der Waals surface area (Å²) in [7, 11) is 0. The van der Waals surface area contributed by atoms with Crippen molar-refractivity contribution in [1.82, 2.24) is 19.9 Å². The molecule has 1 unspecified atom stereocenters. The van der Waals surface area contributed by atoms with Gasteiger partial charge in [0.15, 0.2) is 5.65 Å². The fourth-order valence-electron chi connectivity index (χ4n) is 4.48. The Morgan fingerprint density at radius 2 is 2.13 bits per heavy atom. The molecule has 0 spiro atoms. The fraction of sp³-hybridized carbons (Fsp3) is 0.455. The molecule has 7 nitrogen and oxygen atoms in total. The van der Waals surface area contributed by atoms with Crippen LogP contribution in [0.15, 0.2) is 36.5 Å². The molecule has 0 radical (unpaired) electrons. The van der Waals surface area contributed by atoms with E-state index < -0.39 is 12.1 Å². The summed E-state index contributed by atoms with van der Waals surface area (Å²) in [6.45, 7) is 1.36. The van der Waals surface area contributed by atoms with Crippen LogP contribution in [0.5, 0.6) is 0 Å². The molecular formula is C22H27FN6O. The summed E-state index contributed by atoms with van der Waals surface area (Å²) >= 11 is 0. The summed E-state index contributed by atoms with van der Waals surface area (Å²) in [4.78, 5) is 4.90. The fourth-order valence-corrected chi connectivity index (χ4v) is 4.48. The molecule has 2 aromatic heterocycles. The Balaban J connectivity index is 1.57. The first-order chi connectivity index (χ1) is 14.6. The van der Waals surface area contributed by atoms with Crippen LogP contribution in [0, 0.1) is 11.7 Å². The Hall–Kier alpha value is -2.55. The van der Waals surface area contributed by atoms with Crippen molar-refractivity contribution in [3.05, 3.63) is 53.6 Å². The van der Waals surface area contributed by atoms with Gasteiger partial charge in [-0.1, -0.05) is 12.5 Å². The monoisotopic (exact) mass is 410 g/mol. The molecule has 5 N–H and O–H groups in total. The van der Waals surface area contributed by atoms with Crippen LogP contribution in [-0.4, -0.2) is 38.9 Å². The number of halogens is 1. The van der Waals surface area contributed by atoms with Gasteiger partial charge >= 0.3 is 0 Å². The number of nitrogens with zero attached hydrogens (tertiary/aromatic N) is 3. The molecule has 5 rings (SSSR count). The Morgan fingerprint density at radius 1 is 1.27 bits per heavy atom. The highest BCUT2D eigenvalue weighted by atomic mass is 19.1. The summed E-state index contributed by atoms with van der Waals surface area (Å²) in [5, 5.41) is 21.5. The maximum absolute atomic E-state index is 13.7. The molecule has 8 heteroatoms. The maximum Gasteiger partial charge on any atom is 0.161 e. The minimum atomic E-state index is -0.512. The summed E-state index contributed by atoms with van der Waals surface area (Å²) in [5.41, 5.74) is 9.87. The number of β-amino-alcohol motifs (C(OH)–C–C–N with tert-alkyl or cyclic N) is 1. The number of aliphatic hydroxyl groups excluding tert-OH is 1. The number of fused-ring (bicyclic) bond motifs is 1. The van der Waals surface area contributed by atoms with E-state index in [1.54, 1.807) is 10.6 Å². The average molecular weight is 410 g/mol. The summed E-state index contributed by atoms with van der Waals surface area (Å²) in [6.07, 6.45) is 5.66. The van der Waals surface area contributed by atoms with Gasteiger partial charge in [-0.3, -0.25) is 0 Å². The SMILES string of the molecule is NC(c1cc(Nc2cccc(F)c2)n2ncc(C3CCC3)c2n1)[C@H]1CCNC[C@@H]1O. The quantitative estimate of drug-likeness (QED) is 0.516. The predicted octanol–water partition coefficient (Wildman–Crippen LogP) is 2.85. The van der Waals surface area contributed by atoms with Crippen molar-refractivity contribution in [2.45, 2.75) is 43.7 Å². The number of hydrogen-bond donors (Lipinski definition) is 4. The first kappa shape index (κ1) is 19.4. The summed E-state index contributed by atoms with van der Waals surface area (Å²) < 4.78 is 15.5. The van der Waals surface area contributed by atoms with Gasteiger partial charge in [0.2, 0.25) is 0 Å². The zero-order chi connectivity index (χ0) is 20.7. The van der Waals surface area contributed by atoms with Crippen molar-refractivity contribution in [3.63, 3.8) is 0 Å². The van der Waals surface area contributed by atoms with Crippen LogP contribution in [0.4, 0.5) is 15.9 Å². The third kappa shape index (κ3) is 3.55. The van der Waals surface area contributed by atoms with Crippen molar-refractivity contribution < 1.29 is 9.50 Å². The van der Waals surface area contributed by atoms with E-state index in [0.717, 1.165) is 37.0 Å². The second-order valence-corrected chi connectivity index (χ2v) is 8.41. The molecule has 1 aliphatic heterocycles. The van der Waals surface area contributed by atoms with Crippen molar-refractivity contribution >= 4 is 17.2 Å². The van der Waals surface area contributed by atoms with E-state index in [9.17, 15) is 9.50 Å². The summed E-state index contributed by atoms with van der Waals surface area (Å²) in [5.74, 6) is 0.770. The molecule has 0 amide bonds. The van der Waals surface area contributed by atoms with Crippen molar-refractivity contribution in [2.75, 3.05) is 18.4 Å². The number of rotatable bonds is 5. The minimum absolute atomic E-state index is 0.0710. The van der Waals surface area contributed by atoms with Gasteiger partial charge in [0.25, 0.3) is 0 Å². The van der Waals surface area contributed by atoms with Gasteiger partial charge in [0.05, 0.1) is 24.0 Å². The van der Waals surface area contributed by atoms with Gasteiger partial charge in [-0.2, -0.15) is 9.61 Å². The number of benzene rings is 1. The van der Waals surface area contributed by atoms with E-state index >= 15 is 0 Å². The molecule has 2 fully saturated rings.